The normalized spacial score (nSPS) is 22.6. The van der Waals surface area contributed by atoms with E-state index in [1.807, 2.05) is 12.1 Å². The van der Waals surface area contributed by atoms with Crippen molar-refractivity contribution in [3.05, 3.63) is 29.3 Å². The second-order valence-corrected chi connectivity index (χ2v) is 6.88. The fourth-order valence-corrected chi connectivity index (χ4v) is 2.78. The largest absolute Gasteiger partial charge is 0.364 e. The zero-order valence-electron chi connectivity index (χ0n) is 11.8. The van der Waals surface area contributed by atoms with Crippen molar-refractivity contribution in [1.29, 1.82) is 0 Å². The van der Waals surface area contributed by atoms with E-state index in [2.05, 4.69) is 50.0 Å². The van der Waals surface area contributed by atoms with Crippen LogP contribution in [0.4, 0.5) is 5.69 Å². The average molecular weight is 267 g/mol. The molecule has 18 heavy (non-hydrogen) atoms. The Balaban J connectivity index is 2.37. The van der Waals surface area contributed by atoms with E-state index in [9.17, 15) is 0 Å². The van der Waals surface area contributed by atoms with Crippen LogP contribution in [0, 0.1) is 0 Å². The molecule has 0 atom stereocenters. The molecule has 0 unspecified atom stereocenters. The van der Waals surface area contributed by atoms with Crippen LogP contribution < -0.4 is 10.2 Å². The number of benzene rings is 1. The highest BCUT2D eigenvalue weighted by atomic mass is 35.5. The lowest BCUT2D eigenvalue weighted by molar-refractivity contribution is 0.409. The van der Waals surface area contributed by atoms with Crippen LogP contribution in [0.1, 0.15) is 34.1 Å². The Morgan fingerprint density at radius 2 is 1.94 bits per heavy atom. The average Bonchev–Trinajstić information content (AvgIpc) is 2.35. The van der Waals surface area contributed by atoms with Crippen LogP contribution in [0.25, 0.3) is 0 Å². The van der Waals surface area contributed by atoms with Crippen LogP contribution in [0.15, 0.2) is 24.3 Å². The summed E-state index contributed by atoms with van der Waals surface area (Å²) >= 11 is 6.13. The Morgan fingerprint density at radius 1 is 1.22 bits per heavy atom. The fraction of sp³-hybridized carbons (Fsp3) is 0.600. The minimum absolute atomic E-state index is 0.121. The molecule has 1 N–H and O–H groups in total. The molecule has 1 heterocycles. The van der Waals surface area contributed by atoms with Crippen LogP contribution in [-0.4, -0.2) is 24.2 Å². The Labute approximate surface area is 115 Å². The third-order valence-electron chi connectivity index (χ3n) is 3.74. The smallest absolute Gasteiger partial charge is 0.0426 e. The Bertz CT molecular complexity index is 426. The van der Waals surface area contributed by atoms with Crippen molar-refractivity contribution >= 4 is 17.3 Å². The molecule has 1 aromatic carbocycles. The second kappa shape index (κ2) is 4.75. The molecule has 1 aliphatic heterocycles. The summed E-state index contributed by atoms with van der Waals surface area (Å²) in [6.45, 7) is 11.2. The van der Waals surface area contributed by atoms with Crippen LogP contribution in [-0.2, 0) is 0 Å². The maximum absolute atomic E-state index is 6.13. The van der Waals surface area contributed by atoms with Gasteiger partial charge in [-0.05, 0) is 58.9 Å². The molecular weight excluding hydrogens is 244 g/mol. The number of hydrogen-bond acceptors (Lipinski definition) is 2. The van der Waals surface area contributed by atoms with Crippen molar-refractivity contribution in [2.45, 2.75) is 45.2 Å². The molecule has 1 aromatic rings. The lowest BCUT2D eigenvalue weighted by Crippen LogP contribution is -2.51. The molecule has 1 fully saturated rings. The number of anilines is 1. The van der Waals surface area contributed by atoms with Crippen molar-refractivity contribution in [3.63, 3.8) is 0 Å². The van der Waals surface area contributed by atoms with Crippen LogP contribution in [0.3, 0.4) is 0 Å². The van der Waals surface area contributed by atoms with E-state index in [4.69, 9.17) is 11.6 Å². The van der Waals surface area contributed by atoms with E-state index in [1.54, 1.807) is 0 Å². The summed E-state index contributed by atoms with van der Waals surface area (Å²) in [5.74, 6) is 0. The van der Waals surface area contributed by atoms with E-state index >= 15 is 0 Å². The van der Waals surface area contributed by atoms with Crippen molar-refractivity contribution in [2.75, 3.05) is 18.0 Å². The van der Waals surface area contributed by atoms with Crippen molar-refractivity contribution < 1.29 is 0 Å². The fourth-order valence-electron chi connectivity index (χ4n) is 2.59. The highest BCUT2D eigenvalue weighted by Crippen LogP contribution is 2.31. The molecule has 1 aliphatic rings. The number of hydrogen-bond donors (Lipinski definition) is 1. The highest BCUT2D eigenvalue weighted by Gasteiger charge is 2.35. The molecule has 100 valence electrons. The molecule has 0 amide bonds. The molecule has 0 radical (unpaired) electrons. The van der Waals surface area contributed by atoms with Crippen LogP contribution in [0.5, 0.6) is 0 Å². The SMILES string of the molecule is CC1(C)CN(c2cccc(Cl)c2)C(C)(C)CCN1. The first-order chi connectivity index (χ1) is 8.30. The minimum Gasteiger partial charge on any atom is -0.364 e. The van der Waals surface area contributed by atoms with Crippen LogP contribution >= 0.6 is 11.6 Å². The van der Waals surface area contributed by atoms with Gasteiger partial charge in [0.05, 0.1) is 0 Å². The van der Waals surface area contributed by atoms with E-state index in [0.717, 1.165) is 24.5 Å². The number of halogens is 1. The van der Waals surface area contributed by atoms with Gasteiger partial charge in [-0.2, -0.15) is 0 Å². The summed E-state index contributed by atoms with van der Waals surface area (Å²) in [4.78, 5) is 2.47. The highest BCUT2D eigenvalue weighted by molar-refractivity contribution is 6.30. The van der Waals surface area contributed by atoms with Gasteiger partial charge in [0.15, 0.2) is 0 Å². The topological polar surface area (TPSA) is 15.3 Å². The Kier molecular flexibility index (Phi) is 3.61. The van der Waals surface area contributed by atoms with Crippen molar-refractivity contribution in [1.82, 2.24) is 5.32 Å². The number of nitrogens with one attached hydrogen (secondary N) is 1. The molecule has 0 spiro atoms. The molecule has 0 aliphatic carbocycles. The van der Waals surface area contributed by atoms with Gasteiger partial charge >= 0.3 is 0 Å². The molecule has 0 saturated carbocycles. The first kappa shape index (κ1) is 13.7. The predicted molar refractivity (Wildman–Crippen MR) is 79.6 cm³/mol. The first-order valence-corrected chi connectivity index (χ1v) is 6.96. The Morgan fingerprint density at radius 3 is 2.61 bits per heavy atom. The third kappa shape index (κ3) is 2.99. The van der Waals surface area contributed by atoms with E-state index in [1.165, 1.54) is 5.69 Å². The van der Waals surface area contributed by atoms with Gasteiger partial charge in [-0.1, -0.05) is 17.7 Å². The lowest BCUT2D eigenvalue weighted by atomic mass is 9.96. The zero-order chi connectivity index (χ0) is 13.4. The van der Waals surface area contributed by atoms with E-state index < -0.39 is 0 Å². The van der Waals surface area contributed by atoms with Gasteiger partial charge in [0.1, 0.15) is 0 Å². The molecule has 2 rings (SSSR count). The molecular formula is C15H23ClN2. The molecule has 0 bridgehead atoms. The quantitative estimate of drug-likeness (QED) is 0.834. The lowest BCUT2D eigenvalue weighted by Gasteiger charge is -2.41. The van der Waals surface area contributed by atoms with Gasteiger partial charge < -0.3 is 10.2 Å². The molecule has 1 saturated heterocycles. The van der Waals surface area contributed by atoms with Gasteiger partial charge in [0, 0.05) is 28.3 Å². The van der Waals surface area contributed by atoms with Crippen molar-refractivity contribution in [2.24, 2.45) is 0 Å². The summed E-state index contributed by atoms with van der Waals surface area (Å²) in [5.41, 5.74) is 1.48. The summed E-state index contributed by atoms with van der Waals surface area (Å²) in [6, 6.07) is 8.16. The van der Waals surface area contributed by atoms with Gasteiger partial charge in [0.25, 0.3) is 0 Å². The maximum Gasteiger partial charge on any atom is 0.0426 e. The summed E-state index contributed by atoms with van der Waals surface area (Å²) < 4.78 is 0. The molecule has 3 heteroatoms. The van der Waals surface area contributed by atoms with Gasteiger partial charge in [-0.15, -0.1) is 0 Å². The predicted octanol–water partition coefficient (Wildman–Crippen LogP) is 3.70. The number of rotatable bonds is 1. The monoisotopic (exact) mass is 266 g/mol. The van der Waals surface area contributed by atoms with Crippen molar-refractivity contribution in [3.8, 4) is 0 Å². The number of nitrogens with zero attached hydrogens (tertiary/aromatic N) is 1. The standard InChI is InChI=1S/C15H23ClN2/c1-14(2)11-18(15(3,4)8-9-17-14)13-7-5-6-12(16)10-13/h5-7,10,17H,8-9,11H2,1-4H3. The van der Waals surface area contributed by atoms with Crippen LogP contribution in [0.2, 0.25) is 5.02 Å². The van der Waals surface area contributed by atoms with Gasteiger partial charge in [-0.3, -0.25) is 0 Å². The summed E-state index contributed by atoms with van der Waals surface area (Å²) in [6.07, 6.45) is 1.13. The summed E-state index contributed by atoms with van der Waals surface area (Å²) in [7, 11) is 0. The van der Waals surface area contributed by atoms with E-state index in [0.29, 0.717) is 0 Å². The second-order valence-electron chi connectivity index (χ2n) is 6.44. The molecule has 2 nitrogen and oxygen atoms in total. The Hall–Kier alpha value is -0.730. The molecule has 0 aromatic heterocycles. The minimum atomic E-state index is 0.121. The zero-order valence-corrected chi connectivity index (χ0v) is 12.5. The van der Waals surface area contributed by atoms with Gasteiger partial charge in [0.2, 0.25) is 0 Å². The summed E-state index contributed by atoms with van der Waals surface area (Å²) in [5, 5.41) is 4.42. The third-order valence-corrected chi connectivity index (χ3v) is 3.98. The van der Waals surface area contributed by atoms with Gasteiger partial charge in [-0.25, -0.2) is 0 Å². The maximum atomic E-state index is 6.13. The van der Waals surface area contributed by atoms with E-state index in [-0.39, 0.29) is 11.1 Å². The first-order valence-electron chi connectivity index (χ1n) is 6.58.